The van der Waals surface area contributed by atoms with E-state index in [0.29, 0.717) is 27.6 Å². The van der Waals surface area contributed by atoms with E-state index in [1.165, 1.54) is 35.5 Å². The molecule has 0 saturated heterocycles. The first-order chi connectivity index (χ1) is 14.0. The first kappa shape index (κ1) is 18.8. The number of aromatic nitrogens is 1. The van der Waals surface area contributed by atoms with Crippen LogP contribution >= 0.6 is 11.3 Å². The van der Waals surface area contributed by atoms with Crippen LogP contribution in [0.2, 0.25) is 0 Å². The molecule has 0 atom stereocenters. The molecular formula is C21H16FN3O3S. The summed E-state index contributed by atoms with van der Waals surface area (Å²) in [6, 6.07) is 11.6. The van der Waals surface area contributed by atoms with Crippen molar-refractivity contribution in [2.45, 2.75) is 0 Å². The lowest BCUT2D eigenvalue weighted by atomic mass is 10.1. The van der Waals surface area contributed by atoms with E-state index in [-0.39, 0.29) is 18.2 Å². The number of ether oxygens (including phenoxy) is 1. The quantitative estimate of drug-likeness (QED) is 0.691. The van der Waals surface area contributed by atoms with Crippen LogP contribution in [0.15, 0.2) is 54.4 Å². The molecule has 0 bridgehead atoms. The Morgan fingerprint density at radius 1 is 1.28 bits per heavy atom. The summed E-state index contributed by atoms with van der Waals surface area (Å²) >= 11 is 1.21. The van der Waals surface area contributed by atoms with Gasteiger partial charge in [0.05, 0.1) is 12.8 Å². The van der Waals surface area contributed by atoms with Gasteiger partial charge in [-0.25, -0.2) is 9.37 Å². The minimum Gasteiger partial charge on any atom is -0.494 e. The highest BCUT2D eigenvalue weighted by atomic mass is 32.1. The van der Waals surface area contributed by atoms with Crippen LogP contribution in [0.4, 0.5) is 9.52 Å². The van der Waals surface area contributed by atoms with Gasteiger partial charge >= 0.3 is 0 Å². The molecule has 0 radical (unpaired) electrons. The normalized spacial score (nSPS) is 12.8. The third kappa shape index (κ3) is 3.50. The zero-order chi connectivity index (χ0) is 20.5. The Labute approximate surface area is 170 Å². The molecule has 8 heteroatoms. The van der Waals surface area contributed by atoms with Gasteiger partial charge in [-0.2, -0.15) is 0 Å². The molecule has 0 saturated carbocycles. The fourth-order valence-corrected chi connectivity index (χ4v) is 3.83. The summed E-state index contributed by atoms with van der Waals surface area (Å²) < 4.78 is 18.8. The molecule has 2 heterocycles. The monoisotopic (exact) mass is 409 g/mol. The van der Waals surface area contributed by atoms with Gasteiger partial charge in [0, 0.05) is 27.8 Å². The van der Waals surface area contributed by atoms with Crippen molar-refractivity contribution in [3.63, 3.8) is 0 Å². The Morgan fingerprint density at radius 3 is 2.72 bits per heavy atom. The number of hydrogen-bond acceptors (Lipinski definition) is 5. The first-order valence-corrected chi connectivity index (χ1v) is 9.55. The molecule has 146 valence electrons. The number of nitrogens with zero attached hydrogens (tertiary/aromatic N) is 2. The summed E-state index contributed by atoms with van der Waals surface area (Å²) in [7, 11) is 1.40. The molecule has 1 N–H and O–H groups in total. The standard InChI is InChI=1S/C21H16FN3O3S/c1-12-14-5-3-4-6-15(14)20(27)25(12)10-19(26)24-21-23-17(11-29-21)13-7-8-18(28-2)16(22)9-13/h3-9,11H,1,10H2,2H3,(H,23,24,26). The molecule has 0 unspecified atom stereocenters. The molecule has 4 rings (SSSR count). The van der Waals surface area contributed by atoms with Crippen LogP contribution in [0.3, 0.4) is 0 Å². The number of carbonyl (C=O) groups excluding carboxylic acids is 2. The summed E-state index contributed by atoms with van der Waals surface area (Å²) in [4.78, 5) is 30.6. The molecule has 29 heavy (non-hydrogen) atoms. The van der Waals surface area contributed by atoms with Crippen LogP contribution in [-0.4, -0.2) is 35.4 Å². The second-order valence-electron chi connectivity index (χ2n) is 6.32. The maximum absolute atomic E-state index is 13.9. The minimum atomic E-state index is -0.491. The Kier molecular flexibility index (Phi) is 4.85. The maximum Gasteiger partial charge on any atom is 0.259 e. The molecule has 0 fully saturated rings. The van der Waals surface area contributed by atoms with Crippen LogP contribution in [0.5, 0.6) is 5.75 Å². The van der Waals surface area contributed by atoms with Crippen molar-refractivity contribution in [1.29, 1.82) is 0 Å². The maximum atomic E-state index is 13.9. The zero-order valence-electron chi connectivity index (χ0n) is 15.4. The van der Waals surface area contributed by atoms with Crippen LogP contribution in [-0.2, 0) is 4.79 Å². The van der Waals surface area contributed by atoms with E-state index in [0.717, 1.165) is 5.56 Å². The number of rotatable bonds is 5. The third-order valence-corrected chi connectivity index (χ3v) is 5.30. The van der Waals surface area contributed by atoms with Crippen molar-refractivity contribution < 1.29 is 18.7 Å². The number of carbonyl (C=O) groups is 2. The van der Waals surface area contributed by atoms with Gasteiger partial charge in [0.25, 0.3) is 5.91 Å². The van der Waals surface area contributed by atoms with Gasteiger partial charge < -0.3 is 10.1 Å². The molecule has 1 aliphatic heterocycles. The van der Waals surface area contributed by atoms with Crippen molar-refractivity contribution in [1.82, 2.24) is 9.88 Å². The van der Waals surface area contributed by atoms with Gasteiger partial charge in [0.2, 0.25) is 5.91 Å². The van der Waals surface area contributed by atoms with E-state index in [1.54, 1.807) is 29.6 Å². The van der Waals surface area contributed by atoms with Gasteiger partial charge in [-0.1, -0.05) is 24.8 Å². The van der Waals surface area contributed by atoms with Crippen molar-refractivity contribution >= 4 is 34.0 Å². The number of thiazole rings is 1. The lowest BCUT2D eigenvalue weighted by Crippen LogP contribution is -2.32. The topological polar surface area (TPSA) is 71.5 Å². The van der Waals surface area contributed by atoms with E-state index >= 15 is 0 Å². The fraction of sp³-hybridized carbons (Fsp3) is 0.0952. The molecule has 2 aromatic carbocycles. The van der Waals surface area contributed by atoms with E-state index < -0.39 is 11.7 Å². The summed E-state index contributed by atoms with van der Waals surface area (Å²) in [6.45, 7) is 3.75. The highest BCUT2D eigenvalue weighted by Gasteiger charge is 2.32. The molecule has 0 aliphatic carbocycles. The van der Waals surface area contributed by atoms with Gasteiger partial charge in [0.1, 0.15) is 6.54 Å². The number of amides is 2. The van der Waals surface area contributed by atoms with E-state index in [4.69, 9.17) is 4.74 Å². The second-order valence-corrected chi connectivity index (χ2v) is 7.18. The van der Waals surface area contributed by atoms with Gasteiger partial charge in [0.15, 0.2) is 16.7 Å². The van der Waals surface area contributed by atoms with Crippen molar-refractivity contribution in [3.05, 3.63) is 71.4 Å². The SMILES string of the molecule is C=C1c2ccccc2C(=O)N1CC(=O)Nc1nc(-c2ccc(OC)c(F)c2)cs1. The highest BCUT2D eigenvalue weighted by Crippen LogP contribution is 2.31. The lowest BCUT2D eigenvalue weighted by molar-refractivity contribution is -0.116. The van der Waals surface area contributed by atoms with Gasteiger partial charge in [-0.15, -0.1) is 11.3 Å². The second kappa shape index (κ2) is 7.48. The molecular weight excluding hydrogens is 393 g/mol. The summed E-state index contributed by atoms with van der Waals surface area (Å²) in [6.07, 6.45) is 0. The fourth-order valence-electron chi connectivity index (χ4n) is 3.09. The van der Waals surface area contributed by atoms with Crippen molar-refractivity contribution in [2.24, 2.45) is 0 Å². The number of hydrogen-bond donors (Lipinski definition) is 1. The predicted molar refractivity (Wildman–Crippen MR) is 109 cm³/mol. The Balaban J connectivity index is 1.45. The molecule has 6 nitrogen and oxygen atoms in total. The number of anilines is 1. The number of methoxy groups -OCH3 is 1. The van der Waals surface area contributed by atoms with Crippen molar-refractivity contribution in [2.75, 3.05) is 19.0 Å². The average molecular weight is 409 g/mol. The van der Waals surface area contributed by atoms with E-state index in [1.807, 2.05) is 6.07 Å². The molecule has 0 spiro atoms. The van der Waals surface area contributed by atoms with Crippen molar-refractivity contribution in [3.8, 4) is 17.0 Å². The molecule has 2 amide bonds. The van der Waals surface area contributed by atoms with Crippen LogP contribution in [0.25, 0.3) is 17.0 Å². The summed E-state index contributed by atoms with van der Waals surface area (Å²) in [5.74, 6) is -0.994. The number of fused-ring (bicyclic) bond motifs is 1. The van der Waals surface area contributed by atoms with Crippen LogP contribution < -0.4 is 10.1 Å². The minimum absolute atomic E-state index is 0.147. The first-order valence-electron chi connectivity index (χ1n) is 8.67. The number of benzene rings is 2. The average Bonchev–Trinajstić information content (AvgIpc) is 3.27. The van der Waals surface area contributed by atoms with Crippen LogP contribution in [0, 0.1) is 5.82 Å². The zero-order valence-corrected chi connectivity index (χ0v) is 16.3. The van der Waals surface area contributed by atoms with Gasteiger partial charge in [-0.05, 0) is 24.3 Å². The van der Waals surface area contributed by atoms with Crippen LogP contribution in [0.1, 0.15) is 15.9 Å². The van der Waals surface area contributed by atoms with Gasteiger partial charge in [-0.3, -0.25) is 14.5 Å². The number of nitrogens with one attached hydrogen (secondary N) is 1. The predicted octanol–water partition coefficient (Wildman–Crippen LogP) is 4.02. The summed E-state index contributed by atoms with van der Waals surface area (Å²) in [5.41, 5.74) is 2.85. The third-order valence-electron chi connectivity index (χ3n) is 4.54. The smallest absolute Gasteiger partial charge is 0.259 e. The Morgan fingerprint density at radius 2 is 2.03 bits per heavy atom. The summed E-state index contributed by atoms with van der Waals surface area (Å²) in [5, 5.41) is 4.75. The van der Waals surface area contributed by atoms with E-state index in [2.05, 4.69) is 16.9 Å². The molecule has 1 aromatic heterocycles. The Hall–Kier alpha value is -3.52. The highest BCUT2D eigenvalue weighted by molar-refractivity contribution is 7.14. The molecule has 1 aliphatic rings. The largest absolute Gasteiger partial charge is 0.494 e. The Bertz CT molecular complexity index is 1110. The number of halogens is 1. The van der Waals surface area contributed by atoms with E-state index in [9.17, 15) is 14.0 Å². The molecule has 3 aromatic rings. The lowest BCUT2D eigenvalue weighted by Gasteiger charge is -2.16.